The van der Waals surface area contributed by atoms with Gasteiger partial charge in [-0.3, -0.25) is 4.79 Å². The number of rotatable bonds is 6. The van der Waals surface area contributed by atoms with Gasteiger partial charge in [0.1, 0.15) is 0 Å². The lowest BCUT2D eigenvalue weighted by atomic mass is 9.87. The van der Waals surface area contributed by atoms with E-state index < -0.39 is 30.4 Å². The number of alkyl halides is 6. The van der Waals surface area contributed by atoms with E-state index in [1.807, 2.05) is 0 Å². The SMILES string of the molecule is Cc1c(C(F)(F)F)ccc(NC(=O)C2CC2)c1[C@@H](C)c1ccc(OCC(F)(F)F)nc1. The van der Waals surface area contributed by atoms with E-state index in [0.717, 1.165) is 18.9 Å². The van der Waals surface area contributed by atoms with E-state index in [1.54, 1.807) is 6.92 Å². The molecule has 0 saturated heterocycles. The molecule has 168 valence electrons. The lowest BCUT2D eigenvalue weighted by Crippen LogP contribution is -2.19. The normalized spacial score (nSPS) is 15.5. The second kappa shape index (κ2) is 8.39. The number of hydrogen-bond donors (Lipinski definition) is 1. The molecule has 0 radical (unpaired) electrons. The predicted molar refractivity (Wildman–Crippen MR) is 101 cm³/mol. The van der Waals surface area contributed by atoms with E-state index in [2.05, 4.69) is 15.0 Å². The van der Waals surface area contributed by atoms with Gasteiger partial charge in [-0.05, 0) is 48.6 Å². The molecule has 4 nitrogen and oxygen atoms in total. The number of halogens is 6. The van der Waals surface area contributed by atoms with E-state index in [0.29, 0.717) is 5.56 Å². The highest BCUT2D eigenvalue weighted by Gasteiger charge is 2.36. The zero-order chi connectivity index (χ0) is 23.0. The Morgan fingerprint density at radius 2 is 1.84 bits per heavy atom. The summed E-state index contributed by atoms with van der Waals surface area (Å²) in [5.41, 5.74) is 0.147. The van der Waals surface area contributed by atoms with Gasteiger partial charge in [0.25, 0.3) is 0 Å². The monoisotopic (exact) mass is 446 g/mol. The first-order chi connectivity index (χ1) is 14.4. The fraction of sp³-hybridized carbons (Fsp3) is 0.429. The van der Waals surface area contributed by atoms with Crippen LogP contribution in [0.3, 0.4) is 0 Å². The molecule has 3 rings (SSSR count). The number of aromatic nitrogens is 1. The summed E-state index contributed by atoms with van der Waals surface area (Å²) in [5, 5.41) is 2.71. The third kappa shape index (κ3) is 5.68. The Labute approximate surface area is 174 Å². The van der Waals surface area contributed by atoms with Crippen molar-refractivity contribution in [2.45, 2.75) is 45.0 Å². The molecule has 1 saturated carbocycles. The summed E-state index contributed by atoms with van der Waals surface area (Å²) in [6.45, 7) is 1.47. The van der Waals surface area contributed by atoms with Crippen molar-refractivity contribution in [1.29, 1.82) is 0 Å². The van der Waals surface area contributed by atoms with Crippen molar-refractivity contribution in [1.82, 2.24) is 4.98 Å². The molecule has 31 heavy (non-hydrogen) atoms. The number of hydrogen-bond acceptors (Lipinski definition) is 3. The first-order valence-electron chi connectivity index (χ1n) is 9.54. The molecule has 1 aliphatic rings. The van der Waals surface area contributed by atoms with Crippen LogP contribution >= 0.6 is 0 Å². The minimum Gasteiger partial charge on any atom is -0.468 e. The standard InChI is InChI=1S/C21H20F6N2O2/c1-11(14-5-8-17(28-9-14)31-10-20(22,23)24)18-12(2)15(21(25,26)27)6-7-16(18)29-19(30)13-3-4-13/h5-9,11,13H,3-4,10H2,1-2H3,(H,29,30)/t11-/m0/s1. The first-order valence-corrected chi connectivity index (χ1v) is 9.54. The summed E-state index contributed by atoms with van der Waals surface area (Å²) in [4.78, 5) is 16.0. The molecule has 1 aromatic carbocycles. The number of benzene rings is 1. The van der Waals surface area contributed by atoms with Gasteiger partial charge in [-0.25, -0.2) is 4.98 Å². The number of carbonyl (C=O) groups excluding carboxylic acids is 1. The van der Waals surface area contributed by atoms with Crippen LogP contribution in [0.2, 0.25) is 0 Å². The third-order valence-electron chi connectivity index (χ3n) is 5.10. The van der Waals surface area contributed by atoms with Gasteiger partial charge in [-0.2, -0.15) is 26.3 Å². The minimum absolute atomic E-state index is 0.0361. The maximum Gasteiger partial charge on any atom is 0.422 e. The molecule has 1 N–H and O–H groups in total. The van der Waals surface area contributed by atoms with Crippen LogP contribution in [-0.2, 0) is 11.0 Å². The number of ether oxygens (including phenoxy) is 1. The van der Waals surface area contributed by atoms with Gasteiger partial charge in [0.15, 0.2) is 6.61 Å². The number of nitrogens with zero attached hydrogens (tertiary/aromatic N) is 1. The summed E-state index contributed by atoms with van der Waals surface area (Å²) in [6.07, 6.45) is -6.37. The predicted octanol–water partition coefficient (Wildman–Crippen LogP) is 5.85. The molecule has 0 spiro atoms. The minimum atomic E-state index is -4.58. The summed E-state index contributed by atoms with van der Waals surface area (Å²) >= 11 is 0. The smallest absolute Gasteiger partial charge is 0.422 e. The number of amides is 1. The Balaban J connectivity index is 1.93. The molecule has 1 amide bonds. The molecule has 1 aromatic heterocycles. The Bertz CT molecular complexity index is 950. The highest BCUT2D eigenvalue weighted by Crippen LogP contribution is 2.41. The van der Waals surface area contributed by atoms with Crippen molar-refractivity contribution >= 4 is 11.6 Å². The van der Waals surface area contributed by atoms with Crippen LogP contribution in [0.15, 0.2) is 30.5 Å². The number of carbonyl (C=O) groups is 1. The fourth-order valence-electron chi connectivity index (χ4n) is 3.34. The Kier molecular flexibility index (Phi) is 6.20. The van der Waals surface area contributed by atoms with E-state index in [1.165, 1.54) is 31.3 Å². The van der Waals surface area contributed by atoms with Gasteiger partial charge >= 0.3 is 12.4 Å². The average Bonchev–Trinajstić information content (AvgIpc) is 3.50. The van der Waals surface area contributed by atoms with Crippen molar-refractivity contribution in [3.8, 4) is 5.88 Å². The zero-order valence-electron chi connectivity index (χ0n) is 16.7. The van der Waals surface area contributed by atoms with Gasteiger partial charge in [-0.1, -0.05) is 13.0 Å². The van der Waals surface area contributed by atoms with E-state index in [9.17, 15) is 31.1 Å². The largest absolute Gasteiger partial charge is 0.468 e. The summed E-state index contributed by atoms with van der Waals surface area (Å²) < 4.78 is 81.8. The topological polar surface area (TPSA) is 51.2 Å². The highest BCUT2D eigenvalue weighted by molar-refractivity contribution is 5.95. The second-order valence-corrected chi connectivity index (χ2v) is 7.52. The lowest BCUT2D eigenvalue weighted by molar-refractivity contribution is -0.154. The van der Waals surface area contributed by atoms with Crippen LogP contribution in [0.1, 0.15) is 47.9 Å². The van der Waals surface area contributed by atoms with Crippen LogP contribution in [0.5, 0.6) is 5.88 Å². The first kappa shape index (κ1) is 22.9. The van der Waals surface area contributed by atoms with Crippen molar-refractivity contribution in [3.63, 3.8) is 0 Å². The molecule has 1 fully saturated rings. The number of anilines is 1. The second-order valence-electron chi connectivity index (χ2n) is 7.52. The van der Waals surface area contributed by atoms with Crippen molar-refractivity contribution < 1.29 is 35.9 Å². The average molecular weight is 446 g/mol. The van der Waals surface area contributed by atoms with E-state index in [4.69, 9.17) is 0 Å². The zero-order valence-corrected chi connectivity index (χ0v) is 16.7. The summed E-state index contributed by atoms with van der Waals surface area (Å²) in [6, 6.07) is 4.83. The highest BCUT2D eigenvalue weighted by atomic mass is 19.4. The molecule has 0 bridgehead atoms. The quantitative estimate of drug-likeness (QED) is 0.567. The van der Waals surface area contributed by atoms with Gasteiger partial charge in [-0.15, -0.1) is 0 Å². The molecule has 0 aliphatic heterocycles. The molecule has 0 unspecified atom stereocenters. The molecule has 1 aliphatic carbocycles. The molecule has 10 heteroatoms. The summed E-state index contributed by atoms with van der Waals surface area (Å²) in [5.74, 6) is -1.27. The van der Waals surface area contributed by atoms with E-state index >= 15 is 0 Å². The Morgan fingerprint density at radius 1 is 1.16 bits per heavy atom. The fourth-order valence-corrected chi connectivity index (χ4v) is 3.34. The lowest BCUT2D eigenvalue weighted by Gasteiger charge is -2.23. The van der Waals surface area contributed by atoms with Crippen LogP contribution in [0.25, 0.3) is 0 Å². The van der Waals surface area contributed by atoms with Crippen LogP contribution in [-0.4, -0.2) is 23.7 Å². The van der Waals surface area contributed by atoms with E-state index in [-0.39, 0.29) is 34.5 Å². The van der Waals surface area contributed by atoms with Crippen molar-refractivity contribution in [2.75, 3.05) is 11.9 Å². The molecular formula is C21H20F6N2O2. The van der Waals surface area contributed by atoms with Gasteiger partial charge in [0.05, 0.1) is 5.56 Å². The van der Waals surface area contributed by atoms with Gasteiger partial charge < -0.3 is 10.1 Å². The van der Waals surface area contributed by atoms with Gasteiger partial charge in [0.2, 0.25) is 11.8 Å². The summed E-state index contributed by atoms with van der Waals surface area (Å²) in [7, 11) is 0. The maximum absolute atomic E-state index is 13.5. The Hall–Kier alpha value is -2.78. The van der Waals surface area contributed by atoms with Crippen molar-refractivity contribution in [3.05, 3.63) is 52.7 Å². The molecule has 1 atom stereocenters. The Morgan fingerprint density at radius 3 is 2.35 bits per heavy atom. The maximum atomic E-state index is 13.5. The molecule has 2 aromatic rings. The number of nitrogens with one attached hydrogen (secondary N) is 1. The molecular weight excluding hydrogens is 426 g/mol. The van der Waals surface area contributed by atoms with Crippen LogP contribution in [0.4, 0.5) is 32.0 Å². The van der Waals surface area contributed by atoms with Crippen molar-refractivity contribution in [2.24, 2.45) is 5.92 Å². The molecule has 1 heterocycles. The third-order valence-corrected chi connectivity index (χ3v) is 5.10. The number of pyridine rings is 1. The van der Waals surface area contributed by atoms with Crippen LogP contribution < -0.4 is 10.1 Å². The van der Waals surface area contributed by atoms with Gasteiger partial charge in [0, 0.05) is 29.8 Å². The van der Waals surface area contributed by atoms with Crippen LogP contribution in [0, 0.1) is 12.8 Å².